The Hall–Kier alpha value is -1.46. The van der Waals surface area contributed by atoms with Gasteiger partial charge in [0.05, 0.1) is 4.92 Å². The highest BCUT2D eigenvalue weighted by Gasteiger charge is 2.19. The first kappa shape index (κ1) is 14.9. The van der Waals surface area contributed by atoms with Crippen molar-refractivity contribution in [2.24, 2.45) is 5.92 Å². The molecule has 0 saturated carbocycles. The van der Waals surface area contributed by atoms with Crippen LogP contribution in [0, 0.1) is 16.0 Å². The number of rotatable bonds is 6. The molecule has 0 spiro atoms. The van der Waals surface area contributed by atoms with Crippen LogP contribution >= 0.6 is 0 Å². The second kappa shape index (κ2) is 7.36. The Morgan fingerprint density at radius 3 is 2.60 bits per heavy atom. The van der Waals surface area contributed by atoms with Crippen LogP contribution in [0.2, 0.25) is 0 Å². The van der Waals surface area contributed by atoms with E-state index in [2.05, 4.69) is 12.2 Å². The van der Waals surface area contributed by atoms with Crippen LogP contribution in [-0.4, -0.2) is 30.7 Å². The summed E-state index contributed by atoms with van der Waals surface area (Å²) in [5, 5.41) is 14.1. The van der Waals surface area contributed by atoms with Crippen LogP contribution in [0.1, 0.15) is 25.3 Å². The maximum Gasteiger partial charge on any atom is 0.269 e. The smallest absolute Gasteiger partial charge is 0.269 e. The molecule has 2 rings (SSSR count). The van der Waals surface area contributed by atoms with E-state index in [9.17, 15) is 10.1 Å². The van der Waals surface area contributed by atoms with E-state index in [0.29, 0.717) is 12.0 Å². The summed E-state index contributed by atoms with van der Waals surface area (Å²) in [6.07, 6.45) is 3.16. The monoisotopic (exact) mass is 278 g/mol. The molecule has 0 radical (unpaired) electrons. The second-order valence-corrected chi connectivity index (χ2v) is 5.37. The van der Waals surface area contributed by atoms with Crippen LogP contribution in [0.5, 0.6) is 0 Å². The fraction of sp³-hybridized carbons (Fsp3) is 0.600. The third-order valence-electron chi connectivity index (χ3n) is 4.00. The first-order valence-electron chi connectivity index (χ1n) is 7.21. The van der Waals surface area contributed by atoms with Gasteiger partial charge in [0.25, 0.3) is 5.69 Å². The average molecular weight is 278 g/mol. The van der Waals surface area contributed by atoms with Gasteiger partial charge in [-0.2, -0.15) is 0 Å². The molecule has 20 heavy (non-hydrogen) atoms. The Morgan fingerprint density at radius 2 is 2.00 bits per heavy atom. The van der Waals surface area contributed by atoms with Crippen LogP contribution in [0.4, 0.5) is 5.69 Å². The highest BCUT2D eigenvalue weighted by Crippen LogP contribution is 2.18. The maximum absolute atomic E-state index is 10.6. The zero-order valence-electron chi connectivity index (χ0n) is 11.9. The molecular formula is C15H22N2O3. The van der Waals surface area contributed by atoms with E-state index in [1.165, 1.54) is 0 Å². The van der Waals surface area contributed by atoms with Crippen molar-refractivity contribution in [2.75, 3.05) is 19.8 Å². The lowest BCUT2D eigenvalue weighted by atomic mass is 9.93. The van der Waals surface area contributed by atoms with Gasteiger partial charge in [-0.15, -0.1) is 0 Å². The van der Waals surface area contributed by atoms with Gasteiger partial charge in [-0.05, 0) is 44.2 Å². The van der Waals surface area contributed by atoms with Gasteiger partial charge in [-0.1, -0.05) is 12.1 Å². The van der Waals surface area contributed by atoms with Crippen LogP contribution < -0.4 is 5.32 Å². The molecule has 1 N–H and O–H groups in total. The summed E-state index contributed by atoms with van der Waals surface area (Å²) in [6.45, 7) is 4.88. The molecule has 0 aromatic heterocycles. The van der Waals surface area contributed by atoms with E-state index in [1.807, 2.05) is 12.1 Å². The van der Waals surface area contributed by atoms with Gasteiger partial charge < -0.3 is 10.1 Å². The molecule has 1 unspecified atom stereocenters. The molecule has 5 heteroatoms. The zero-order valence-corrected chi connectivity index (χ0v) is 11.9. The largest absolute Gasteiger partial charge is 0.381 e. The summed E-state index contributed by atoms with van der Waals surface area (Å²) in [6, 6.07) is 7.30. The Kier molecular flexibility index (Phi) is 5.49. The van der Waals surface area contributed by atoms with Crippen molar-refractivity contribution < 1.29 is 9.66 Å². The fourth-order valence-electron chi connectivity index (χ4n) is 2.61. The first-order valence-corrected chi connectivity index (χ1v) is 7.21. The van der Waals surface area contributed by atoms with Crippen molar-refractivity contribution in [3.63, 3.8) is 0 Å². The SMILES string of the molecule is CC(NCCc1ccc([N+](=O)[O-])cc1)C1CCOCC1. The van der Waals surface area contributed by atoms with Gasteiger partial charge in [-0.3, -0.25) is 10.1 Å². The fourth-order valence-corrected chi connectivity index (χ4v) is 2.61. The summed E-state index contributed by atoms with van der Waals surface area (Å²) < 4.78 is 5.37. The number of nitrogens with zero attached hydrogens (tertiary/aromatic N) is 1. The van der Waals surface area contributed by atoms with E-state index in [1.54, 1.807) is 12.1 Å². The lowest BCUT2D eigenvalue weighted by Crippen LogP contribution is -2.37. The van der Waals surface area contributed by atoms with E-state index in [-0.39, 0.29) is 10.6 Å². The molecule has 1 saturated heterocycles. The Morgan fingerprint density at radius 1 is 1.35 bits per heavy atom. The van der Waals surface area contributed by atoms with Crippen molar-refractivity contribution in [1.29, 1.82) is 0 Å². The van der Waals surface area contributed by atoms with Gasteiger partial charge in [0.15, 0.2) is 0 Å². The molecule has 1 heterocycles. The summed E-state index contributed by atoms with van der Waals surface area (Å²) in [5.74, 6) is 0.695. The number of nitro benzene ring substituents is 1. The zero-order chi connectivity index (χ0) is 14.4. The molecule has 1 aromatic rings. The van der Waals surface area contributed by atoms with Crippen LogP contribution in [-0.2, 0) is 11.2 Å². The second-order valence-electron chi connectivity index (χ2n) is 5.37. The summed E-state index contributed by atoms with van der Waals surface area (Å²) in [7, 11) is 0. The summed E-state index contributed by atoms with van der Waals surface area (Å²) in [5.41, 5.74) is 1.28. The Bertz CT molecular complexity index is 427. The minimum Gasteiger partial charge on any atom is -0.381 e. The van der Waals surface area contributed by atoms with E-state index >= 15 is 0 Å². The van der Waals surface area contributed by atoms with Crippen molar-refractivity contribution in [3.8, 4) is 0 Å². The Labute approximate surface area is 119 Å². The summed E-state index contributed by atoms with van der Waals surface area (Å²) >= 11 is 0. The molecule has 0 amide bonds. The molecule has 0 aliphatic carbocycles. The molecule has 0 bridgehead atoms. The molecule has 5 nitrogen and oxygen atoms in total. The standard InChI is InChI=1S/C15H22N2O3/c1-12(14-7-10-20-11-8-14)16-9-6-13-2-4-15(5-3-13)17(18)19/h2-5,12,14,16H,6-11H2,1H3. The van der Waals surface area contributed by atoms with Crippen LogP contribution in [0.3, 0.4) is 0 Å². The van der Waals surface area contributed by atoms with Gasteiger partial charge >= 0.3 is 0 Å². The number of non-ortho nitro benzene ring substituents is 1. The highest BCUT2D eigenvalue weighted by molar-refractivity contribution is 5.32. The number of nitrogens with one attached hydrogen (secondary N) is 1. The molecule has 1 fully saturated rings. The van der Waals surface area contributed by atoms with Gasteiger partial charge in [0.1, 0.15) is 0 Å². The lowest BCUT2D eigenvalue weighted by molar-refractivity contribution is -0.384. The predicted molar refractivity (Wildman–Crippen MR) is 77.8 cm³/mol. The van der Waals surface area contributed by atoms with Crippen molar-refractivity contribution in [2.45, 2.75) is 32.2 Å². The molecule has 1 aliphatic rings. The Balaban J connectivity index is 1.73. The van der Waals surface area contributed by atoms with Gasteiger partial charge in [0, 0.05) is 31.4 Å². The van der Waals surface area contributed by atoms with E-state index in [0.717, 1.165) is 44.6 Å². The van der Waals surface area contributed by atoms with E-state index in [4.69, 9.17) is 4.74 Å². The quantitative estimate of drug-likeness (QED) is 0.641. The maximum atomic E-state index is 10.6. The van der Waals surface area contributed by atoms with Gasteiger partial charge in [-0.25, -0.2) is 0 Å². The van der Waals surface area contributed by atoms with Crippen LogP contribution in [0.25, 0.3) is 0 Å². The number of ether oxygens (including phenoxy) is 1. The minimum absolute atomic E-state index is 0.150. The van der Waals surface area contributed by atoms with E-state index < -0.39 is 0 Å². The molecule has 1 atom stereocenters. The first-order chi connectivity index (χ1) is 9.66. The normalized spacial score (nSPS) is 17.9. The predicted octanol–water partition coefficient (Wildman–Crippen LogP) is 2.54. The number of hydrogen-bond donors (Lipinski definition) is 1. The number of nitro groups is 1. The molecular weight excluding hydrogens is 256 g/mol. The van der Waals surface area contributed by atoms with Crippen LogP contribution in [0.15, 0.2) is 24.3 Å². The lowest BCUT2D eigenvalue weighted by Gasteiger charge is -2.28. The molecule has 1 aliphatic heterocycles. The minimum atomic E-state index is -0.366. The molecule has 110 valence electrons. The number of hydrogen-bond acceptors (Lipinski definition) is 4. The van der Waals surface area contributed by atoms with Crippen molar-refractivity contribution in [1.82, 2.24) is 5.32 Å². The third-order valence-corrected chi connectivity index (χ3v) is 4.00. The average Bonchev–Trinajstić information content (AvgIpc) is 2.48. The third kappa shape index (κ3) is 4.28. The van der Waals surface area contributed by atoms with Crippen molar-refractivity contribution in [3.05, 3.63) is 39.9 Å². The summed E-state index contributed by atoms with van der Waals surface area (Å²) in [4.78, 5) is 10.2. The van der Waals surface area contributed by atoms with Gasteiger partial charge in [0.2, 0.25) is 0 Å². The molecule has 1 aromatic carbocycles. The number of benzene rings is 1. The highest BCUT2D eigenvalue weighted by atomic mass is 16.6. The topological polar surface area (TPSA) is 64.4 Å². The van der Waals surface area contributed by atoms with Crippen molar-refractivity contribution >= 4 is 5.69 Å².